The highest BCUT2D eigenvalue weighted by Crippen LogP contribution is 2.33. The lowest BCUT2D eigenvalue weighted by Gasteiger charge is -2.12. The first kappa shape index (κ1) is 11.6. The van der Waals surface area contributed by atoms with Crippen LogP contribution in [-0.4, -0.2) is 6.86 Å². The van der Waals surface area contributed by atoms with Crippen LogP contribution >= 0.6 is 0 Å². The molecule has 2 nitrogen and oxygen atoms in total. The van der Waals surface area contributed by atoms with Gasteiger partial charge in [0.25, 0.3) is 0 Å². The number of hydrogen-bond donors (Lipinski definition) is 1. The Morgan fingerprint density at radius 1 is 1.29 bits per heavy atom. The van der Waals surface area contributed by atoms with Crippen LogP contribution in [0.5, 0.6) is 5.75 Å². The van der Waals surface area contributed by atoms with E-state index in [-0.39, 0.29) is 5.75 Å². The average Bonchev–Trinajstić information content (AvgIpc) is 2.32. The second-order valence-electron chi connectivity index (χ2n) is 3.76. The first-order valence-corrected chi connectivity index (χ1v) is 5.36. The molecule has 4 heteroatoms. The van der Waals surface area contributed by atoms with Crippen LogP contribution in [0.4, 0.5) is 14.5 Å². The standard InChI is InChI=1S/C13H13F2NO/c1-2-8-5-10(16)6-9-3-4-11(15)13(12(8)9)17-7-14/h3-6H,2,7,16H2,1H3. The van der Waals surface area contributed by atoms with E-state index in [9.17, 15) is 8.78 Å². The molecule has 0 saturated heterocycles. The van der Waals surface area contributed by atoms with Crippen molar-refractivity contribution in [3.63, 3.8) is 0 Å². The topological polar surface area (TPSA) is 35.2 Å². The van der Waals surface area contributed by atoms with E-state index in [0.29, 0.717) is 17.5 Å². The molecule has 0 fully saturated rings. The monoisotopic (exact) mass is 237 g/mol. The summed E-state index contributed by atoms with van der Waals surface area (Å²) in [6.45, 7) is 0.877. The second kappa shape index (κ2) is 4.57. The fourth-order valence-corrected chi connectivity index (χ4v) is 1.99. The van der Waals surface area contributed by atoms with E-state index < -0.39 is 12.7 Å². The summed E-state index contributed by atoms with van der Waals surface area (Å²) in [7, 11) is 0. The van der Waals surface area contributed by atoms with Crippen LogP contribution in [0.3, 0.4) is 0 Å². The molecule has 0 spiro atoms. The van der Waals surface area contributed by atoms with Crippen LogP contribution in [0, 0.1) is 5.82 Å². The molecule has 2 rings (SSSR count). The molecule has 0 atom stereocenters. The molecule has 0 bridgehead atoms. The maximum atomic E-state index is 13.6. The summed E-state index contributed by atoms with van der Waals surface area (Å²) in [5.74, 6) is -0.600. The Bertz CT molecular complexity index is 555. The van der Waals surface area contributed by atoms with Gasteiger partial charge in [0, 0.05) is 11.1 Å². The quantitative estimate of drug-likeness (QED) is 0.830. The summed E-state index contributed by atoms with van der Waals surface area (Å²) in [6.07, 6.45) is 0.674. The Morgan fingerprint density at radius 3 is 2.71 bits per heavy atom. The molecule has 2 N–H and O–H groups in total. The molecule has 0 heterocycles. The molecule has 90 valence electrons. The third-order valence-corrected chi connectivity index (χ3v) is 2.71. The number of aryl methyl sites for hydroxylation is 1. The van der Waals surface area contributed by atoms with Crippen LogP contribution in [0.2, 0.25) is 0 Å². The van der Waals surface area contributed by atoms with Crippen molar-refractivity contribution < 1.29 is 13.5 Å². The first-order chi connectivity index (χ1) is 8.17. The van der Waals surface area contributed by atoms with Crippen molar-refractivity contribution in [2.45, 2.75) is 13.3 Å². The van der Waals surface area contributed by atoms with Gasteiger partial charge in [-0.25, -0.2) is 8.78 Å². The summed E-state index contributed by atoms with van der Waals surface area (Å²) in [4.78, 5) is 0. The van der Waals surface area contributed by atoms with Gasteiger partial charge in [-0.05, 0) is 35.6 Å². The zero-order valence-corrected chi connectivity index (χ0v) is 9.47. The van der Waals surface area contributed by atoms with E-state index >= 15 is 0 Å². The molecule has 2 aromatic rings. The summed E-state index contributed by atoms with van der Waals surface area (Å²) >= 11 is 0. The van der Waals surface area contributed by atoms with Crippen molar-refractivity contribution in [2.75, 3.05) is 12.6 Å². The highest BCUT2D eigenvalue weighted by molar-refractivity contribution is 5.93. The molecule has 0 aliphatic rings. The Hall–Kier alpha value is -1.84. The van der Waals surface area contributed by atoms with Gasteiger partial charge in [0.2, 0.25) is 6.86 Å². The maximum Gasteiger partial charge on any atom is 0.228 e. The van der Waals surface area contributed by atoms with Gasteiger partial charge in [-0.15, -0.1) is 0 Å². The normalized spacial score (nSPS) is 10.8. The molecule has 0 radical (unpaired) electrons. The molecule has 0 amide bonds. The van der Waals surface area contributed by atoms with Crippen molar-refractivity contribution >= 4 is 16.5 Å². The Kier molecular flexibility index (Phi) is 3.13. The van der Waals surface area contributed by atoms with Gasteiger partial charge in [0.15, 0.2) is 11.6 Å². The molecule has 0 aromatic heterocycles. The van der Waals surface area contributed by atoms with E-state index in [2.05, 4.69) is 0 Å². The van der Waals surface area contributed by atoms with Gasteiger partial charge in [-0.1, -0.05) is 13.0 Å². The number of nitrogen functional groups attached to an aromatic ring is 1. The molecule has 0 aliphatic carbocycles. The molecule has 2 aromatic carbocycles. The Labute approximate surface area is 98.0 Å². The minimum Gasteiger partial charge on any atom is -0.459 e. The lowest BCUT2D eigenvalue weighted by molar-refractivity contribution is 0.186. The van der Waals surface area contributed by atoms with Crippen LogP contribution in [-0.2, 0) is 6.42 Å². The van der Waals surface area contributed by atoms with E-state index in [1.807, 2.05) is 6.92 Å². The van der Waals surface area contributed by atoms with Gasteiger partial charge < -0.3 is 10.5 Å². The highest BCUT2D eigenvalue weighted by atomic mass is 19.1. The Balaban J connectivity index is 2.81. The van der Waals surface area contributed by atoms with Gasteiger partial charge in [0.1, 0.15) is 0 Å². The van der Waals surface area contributed by atoms with Crippen LogP contribution in [0.15, 0.2) is 24.3 Å². The van der Waals surface area contributed by atoms with Gasteiger partial charge in [-0.2, -0.15) is 0 Å². The number of halogens is 2. The van der Waals surface area contributed by atoms with E-state index in [1.165, 1.54) is 6.07 Å². The summed E-state index contributed by atoms with van der Waals surface area (Å²) in [6, 6.07) is 6.35. The molecule has 0 unspecified atom stereocenters. The third-order valence-electron chi connectivity index (χ3n) is 2.71. The SMILES string of the molecule is CCc1cc(N)cc2ccc(F)c(OCF)c12. The van der Waals surface area contributed by atoms with Crippen LogP contribution in [0.1, 0.15) is 12.5 Å². The predicted octanol–water partition coefficient (Wildman–Crippen LogP) is 3.43. The van der Waals surface area contributed by atoms with Crippen LogP contribution in [0.25, 0.3) is 10.8 Å². The molecule has 0 saturated carbocycles. The maximum absolute atomic E-state index is 13.6. The number of alkyl halides is 1. The number of anilines is 1. The number of benzene rings is 2. The second-order valence-corrected chi connectivity index (χ2v) is 3.76. The fraction of sp³-hybridized carbons (Fsp3) is 0.231. The van der Waals surface area contributed by atoms with Crippen molar-refractivity contribution in [3.05, 3.63) is 35.6 Å². The van der Waals surface area contributed by atoms with Gasteiger partial charge >= 0.3 is 0 Å². The smallest absolute Gasteiger partial charge is 0.228 e. The number of nitrogens with two attached hydrogens (primary N) is 1. The summed E-state index contributed by atoms with van der Waals surface area (Å²) in [5.41, 5.74) is 7.21. The summed E-state index contributed by atoms with van der Waals surface area (Å²) in [5, 5.41) is 1.35. The molecule has 17 heavy (non-hydrogen) atoms. The number of rotatable bonds is 3. The van der Waals surface area contributed by atoms with Crippen molar-refractivity contribution in [1.29, 1.82) is 0 Å². The van der Waals surface area contributed by atoms with E-state index in [0.717, 1.165) is 10.9 Å². The third kappa shape index (κ3) is 2.02. The lowest BCUT2D eigenvalue weighted by Crippen LogP contribution is -1.98. The number of fused-ring (bicyclic) bond motifs is 1. The molecular weight excluding hydrogens is 224 g/mol. The van der Waals surface area contributed by atoms with Crippen LogP contribution < -0.4 is 10.5 Å². The summed E-state index contributed by atoms with van der Waals surface area (Å²) < 4.78 is 30.6. The first-order valence-electron chi connectivity index (χ1n) is 5.36. The molecule has 0 aliphatic heterocycles. The van der Waals surface area contributed by atoms with Crippen molar-refractivity contribution in [3.8, 4) is 5.75 Å². The van der Waals surface area contributed by atoms with E-state index in [4.69, 9.17) is 10.5 Å². The molecular formula is C13H13F2NO. The number of hydrogen-bond acceptors (Lipinski definition) is 2. The zero-order chi connectivity index (χ0) is 12.4. The minimum atomic E-state index is -1.05. The lowest BCUT2D eigenvalue weighted by atomic mass is 10.0. The van der Waals surface area contributed by atoms with Gasteiger partial charge in [-0.3, -0.25) is 0 Å². The number of ether oxygens (including phenoxy) is 1. The predicted molar refractivity (Wildman–Crippen MR) is 64.3 cm³/mol. The highest BCUT2D eigenvalue weighted by Gasteiger charge is 2.13. The van der Waals surface area contributed by atoms with Gasteiger partial charge in [0.05, 0.1) is 0 Å². The van der Waals surface area contributed by atoms with Crippen molar-refractivity contribution in [2.24, 2.45) is 0 Å². The Morgan fingerprint density at radius 2 is 2.06 bits per heavy atom. The largest absolute Gasteiger partial charge is 0.459 e. The minimum absolute atomic E-state index is 0.0400. The van der Waals surface area contributed by atoms with E-state index in [1.54, 1.807) is 18.2 Å². The average molecular weight is 237 g/mol. The fourth-order valence-electron chi connectivity index (χ4n) is 1.99. The van der Waals surface area contributed by atoms with Crippen molar-refractivity contribution in [1.82, 2.24) is 0 Å². The zero-order valence-electron chi connectivity index (χ0n) is 9.47.